The van der Waals surface area contributed by atoms with Crippen molar-refractivity contribution in [2.75, 3.05) is 7.11 Å². The summed E-state index contributed by atoms with van der Waals surface area (Å²) < 4.78 is 5.19. The van der Waals surface area contributed by atoms with Gasteiger partial charge in [0, 0.05) is 16.1 Å². The van der Waals surface area contributed by atoms with Crippen LogP contribution in [-0.4, -0.2) is 7.11 Å². The zero-order valence-corrected chi connectivity index (χ0v) is 12.1. The van der Waals surface area contributed by atoms with Crippen molar-refractivity contribution in [2.45, 2.75) is 12.5 Å². The average Bonchev–Trinajstić information content (AvgIpc) is 2.43. The molecule has 2 nitrogen and oxygen atoms in total. The average molecular weight is 296 g/mol. The van der Waals surface area contributed by atoms with Crippen molar-refractivity contribution < 1.29 is 4.74 Å². The van der Waals surface area contributed by atoms with E-state index in [1.54, 1.807) is 7.11 Å². The van der Waals surface area contributed by atoms with Gasteiger partial charge in [-0.2, -0.15) is 0 Å². The molecule has 0 aliphatic rings. The number of ether oxygens (including phenoxy) is 1. The van der Waals surface area contributed by atoms with Gasteiger partial charge in [0.25, 0.3) is 0 Å². The molecule has 0 aromatic heterocycles. The van der Waals surface area contributed by atoms with Gasteiger partial charge in [0.15, 0.2) is 0 Å². The molecule has 1 unspecified atom stereocenters. The zero-order valence-electron chi connectivity index (χ0n) is 10.6. The predicted molar refractivity (Wildman–Crippen MR) is 80.1 cm³/mol. The number of methoxy groups -OCH3 is 1. The van der Waals surface area contributed by atoms with Crippen LogP contribution in [0.3, 0.4) is 0 Å². The summed E-state index contributed by atoms with van der Waals surface area (Å²) in [4.78, 5) is 0. The van der Waals surface area contributed by atoms with Crippen molar-refractivity contribution in [1.82, 2.24) is 0 Å². The van der Waals surface area contributed by atoms with Crippen LogP contribution in [0, 0.1) is 0 Å². The maximum Gasteiger partial charge on any atom is 0.119 e. The highest BCUT2D eigenvalue weighted by atomic mass is 35.5. The number of halogens is 2. The van der Waals surface area contributed by atoms with Crippen molar-refractivity contribution in [3.63, 3.8) is 0 Å². The van der Waals surface area contributed by atoms with Crippen LogP contribution in [-0.2, 0) is 6.42 Å². The van der Waals surface area contributed by atoms with Crippen LogP contribution in [0.4, 0.5) is 0 Å². The minimum absolute atomic E-state index is 0.174. The first kappa shape index (κ1) is 14.2. The van der Waals surface area contributed by atoms with Gasteiger partial charge >= 0.3 is 0 Å². The SMILES string of the molecule is COc1cccc(C(N)Cc2c(Cl)cccc2Cl)c1. The number of hydrogen-bond donors (Lipinski definition) is 1. The lowest BCUT2D eigenvalue weighted by molar-refractivity contribution is 0.414. The van der Waals surface area contributed by atoms with Gasteiger partial charge in [-0.1, -0.05) is 41.4 Å². The predicted octanol–water partition coefficient (Wildman–Crippen LogP) is 4.24. The standard InChI is InChI=1S/C15H15Cl2NO/c1-19-11-5-2-4-10(8-11)15(18)9-12-13(16)6-3-7-14(12)17/h2-8,15H,9,18H2,1H3. The van der Waals surface area contributed by atoms with Gasteiger partial charge in [-0.15, -0.1) is 0 Å². The molecule has 2 rings (SSSR count). The molecular formula is C15H15Cl2NO. The minimum atomic E-state index is -0.174. The van der Waals surface area contributed by atoms with E-state index in [2.05, 4.69) is 0 Å². The monoisotopic (exact) mass is 295 g/mol. The molecule has 0 fully saturated rings. The lowest BCUT2D eigenvalue weighted by Gasteiger charge is -2.15. The van der Waals surface area contributed by atoms with Crippen molar-refractivity contribution >= 4 is 23.2 Å². The molecule has 1 atom stereocenters. The van der Waals surface area contributed by atoms with Gasteiger partial charge in [0.2, 0.25) is 0 Å². The number of rotatable bonds is 4. The van der Waals surface area contributed by atoms with E-state index in [1.807, 2.05) is 42.5 Å². The third kappa shape index (κ3) is 3.41. The van der Waals surface area contributed by atoms with Gasteiger partial charge in [-0.05, 0) is 41.8 Å². The second-order valence-electron chi connectivity index (χ2n) is 4.29. The van der Waals surface area contributed by atoms with E-state index in [0.29, 0.717) is 16.5 Å². The van der Waals surface area contributed by atoms with Gasteiger partial charge in [-0.3, -0.25) is 0 Å². The second-order valence-corrected chi connectivity index (χ2v) is 5.10. The topological polar surface area (TPSA) is 35.2 Å². The Balaban J connectivity index is 2.23. The van der Waals surface area contributed by atoms with Gasteiger partial charge in [0.1, 0.15) is 5.75 Å². The number of benzene rings is 2. The molecule has 0 saturated heterocycles. The molecule has 0 heterocycles. The first-order chi connectivity index (χ1) is 9.11. The third-order valence-corrected chi connectivity index (χ3v) is 3.72. The van der Waals surface area contributed by atoms with E-state index in [0.717, 1.165) is 16.9 Å². The lowest BCUT2D eigenvalue weighted by atomic mass is 9.99. The Labute approximate surface area is 123 Å². The van der Waals surface area contributed by atoms with E-state index in [9.17, 15) is 0 Å². The molecule has 2 aromatic carbocycles. The molecule has 0 bridgehead atoms. The molecule has 4 heteroatoms. The lowest BCUT2D eigenvalue weighted by Crippen LogP contribution is -2.14. The fraction of sp³-hybridized carbons (Fsp3) is 0.200. The Bertz CT molecular complexity index is 552. The summed E-state index contributed by atoms with van der Waals surface area (Å²) >= 11 is 12.3. The van der Waals surface area contributed by atoms with E-state index < -0.39 is 0 Å². The summed E-state index contributed by atoms with van der Waals surface area (Å²) in [5.74, 6) is 0.790. The Kier molecular flexibility index (Phi) is 4.70. The molecule has 100 valence electrons. The van der Waals surface area contributed by atoms with Crippen LogP contribution in [0.2, 0.25) is 10.0 Å². The van der Waals surface area contributed by atoms with Gasteiger partial charge in [-0.25, -0.2) is 0 Å². The van der Waals surface area contributed by atoms with Crippen molar-refractivity contribution in [3.05, 3.63) is 63.6 Å². The summed E-state index contributed by atoms with van der Waals surface area (Å²) in [5, 5.41) is 1.29. The molecule has 2 aromatic rings. The van der Waals surface area contributed by atoms with Crippen molar-refractivity contribution in [1.29, 1.82) is 0 Å². The molecule has 2 N–H and O–H groups in total. The molecule has 0 aliphatic heterocycles. The van der Waals surface area contributed by atoms with Crippen LogP contribution >= 0.6 is 23.2 Å². The minimum Gasteiger partial charge on any atom is -0.497 e. The molecule has 0 amide bonds. The largest absolute Gasteiger partial charge is 0.497 e. The van der Waals surface area contributed by atoms with E-state index in [1.165, 1.54) is 0 Å². The van der Waals surface area contributed by atoms with Gasteiger partial charge < -0.3 is 10.5 Å². The van der Waals surface area contributed by atoms with Crippen molar-refractivity contribution in [2.24, 2.45) is 5.73 Å². The third-order valence-electron chi connectivity index (χ3n) is 3.01. The molecule has 19 heavy (non-hydrogen) atoms. The highest BCUT2D eigenvalue weighted by Crippen LogP contribution is 2.29. The van der Waals surface area contributed by atoms with Crippen LogP contribution in [0.15, 0.2) is 42.5 Å². The fourth-order valence-corrected chi connectivity index (χ4v) is 2.49. The molecule has 0 radical (unpaired) electrons. The number of nitrogens with two attached hydrogens (primary N) is 1. The van der Waals surface area contributed by atoms with Gasteiger partial charge in [0.05, 0.1) is 7.11 Å². The first-order valence-electron chi connectivity index (χ1n) is 5.94. The molecular weight excluding hydrogens is 281 g/mol. The van der Waals surface area contributed by atoms with Crippen molar-refractivity contribution in [3.8, 4) is 5.75 Å². The van der Waals surface area contributed by atoms with Crippen LogP contribution in [0.5, 0.6) is 5.75 Å². The molecule has 0 aliphatic carbocycles. The smallest absolute Gasteiger partial charge is 0.119 e. The van der Waals surface area contributed by atoms with E-state index in [-0.39, 0.29) is 6.04 Å². The maximum absolute atomic E-state index is 6.22. The summed E-state index contributed by atoms with van der Waals surface area (Å²) in [5.41, 5.74) is 8.09. The van der Waals surface area contributed by atoms with Crippen LogP contribution < -0.4 is 10.5 Å². The Morgan fingerprint density at radius 3 is 2.37 bits per heavy atom. The zero-order chi connectivity index (χ0) is 13.8. The second kappa shape index (κ2) is 6.29. The fourth-order valence-electron chi connectivity index (χ4n) is 1.94. The summed E-state index contributed by atoms with van der Waals surface area (Å²) in [6.45, 7) is 0. The van der Waals surface area contributed by atoms with Crippen LogP contribution in [0.25, 0.3) is 0 Å². The summed E-state index contributed by atoms with van der Waals surface area (Å²) in [7, 11) is 1.63. The highest BCUT2D eigenvalue weighted by molar-refractivity contribution is 6.36. The first-order valence-corrected chi connectivity index (χ1v) is 6.70. The number of hydrogen-bond acceptors (Lipinski definition) is 2. The Morgan fingerprint density at radius 2 is 1.74 bits per heavy atom. The highest BCUT2D eigenvalue weighted by Gasteiger charge is 2.13. The van der Waals surface area contributed by atoms with E-state index >= 15 is 0 Å². The molecule has 0 saturated carbocycles. The maximum atomic E-state index is 6.22. The Morgan fingerprint density at radius 1 is 1.11 bits per heavy atom. The normalized spacial score (nSPS) is 12.2. The summed E-state index contributed by atoms with van der Waals surface area (Å²) in [6, 6.07) is 13.0. The van der Waals surface area contributed by atoms with Crippen LogP contribution in [0.1, 0.15) is 17.2 Å². The Hall–Kier alpha value is -1.22. The quantitative estimate of drug-likeness (QED) is 0.915. The summed E-state index contributed by atoms with van der Waals surface area (Å²) in [6.07, 6.45) is 0.589. The van der Waals surface area contributed by atoms with E-state index in [4.69, 9.17) is 33.7 Å². The molecule has 0 spiro atoms.